The number of hydrogen-bond donors (Lipinski definition) is 2. The first kappa shape index (κ1) is 19.9. The normalized spacial score (nSPS) is 17.5. The number of carbonyl (C=O) groups is 2. The van der Waals surface area contributed by atoms with Crippen molar-refractivity contribution in [2.75, 3.05) is 13.2 Å². The molecule has 1 atom stereocenters. The Bertz CT molecular complexity index is 817. The zero-order valence-corrected chi connectivity index (χ0v) is 15.8. The van der Waals surface area contributed by atoms with E-state index in [0.29, 0.717) is 5.56 Å². The molecule has 1 aliphatic rings. The zero-order valence-electron chi connectivity index (χ0n) is 15.0. The van der Waals surface area contributed by atoms with E-state index in [1.165, 1.54) is 6.07 Å². The lowest BCUT2D eigenvalue weighted by Gasteiger charge is -2.17. The lowest BCUT2D eigenvalue weighted by molar-refractivity contribution is -0.148. The van der Waals surface area contributed by atoms with Crippen LogP contribution in [-0.2, 0) is 24.3 Å². The van der Waals surface area contributed by atoms with Crippen LogP contribution in [0.3, 0.4) is 0 Å². The minimum atomic E-state index is -3.60. The van der Waals surface area contributed by atoms with E-state index < -0.39 is 16.0 Å². The molecule has 0 aliphatic carbocycles. The van der Waals surface area contributed by atoms with Crippen molar-refractivity contribution in [3.63, 3.8) is 0 Å². The van der Waals surface area contributed by atoms with Crippen molar-refractivity contribution in [1.29, 1.82) is 0 Å². The molecule has 142 valence electrons. The van der Waals surface area contributed by atoms with Gasteiger partial charge in [-0.3, -0.25) is 19.3 Å². The van der Waals surface area contributed by atoms with Gasteiger partial charge < -0.3 is 10.1 Å². The van der Waals surface area contributed by atoms with Gasteiger partial charge in [-0.2, -0.15) is 0 Å². The Balaban J connectivity index is 1.82. The fourth-order valence-corrected chi connectivity index (χ4v) is 3.44. The van der Waals surface area contributed by atoms with Gasteiger partial charge >= 0.3 is 5.97 Å². The summed E-state index contributed by atoms with van der Waals surface area (Å²) in [6.07, 6.45) is -0.0552. The van der Waals surface area contributed by atoms with Crippen molar-refractivity contribution in [3.8, 4) is 0 Å². The van der Waals surface area contributed by atoms with E-state index in [1.54, 1.807) is 18.2 Å². The largest absolute Gasteiger partial charge is 0.456 e. The number of hydrogen-bond acceptors (Lipinski definition) is 6. The highest BCUT2D eigenvalue weighted by molar-refractivity contribution is 7.90. The highest BCUT2D eigenvalue weighted by atomic mass is 32.2. The van der Waals surface area contributed by atoms with Crippen LogP contribution in [0.2, 0.25) is 0 Å². The number of carbonyl (C=O) groups excluding carboxylic acids is 2. The molecule has 0 radical (unpaired) electrons. The first-order valence-electron chi connectivity index (χ1n) is 8.32. The predicted molar refractivity (Wildman–Crippen MR) is 96.2 cm³/mol. The topological polar surface area (TPSA) is 114 Å². The first-order chi connectivity index (χ1) is 12.2. The van der Waals surface area contributed by atoms with Crippen LogP contribution in [-0.4, -0.2) is 45.3 Å². The Morgan fingerprint density at radius 2 is 1.92 bits per heavy atom. The molecule has 0 aromatic heterocycles. The molecule has 0 bridgehead atoms. The molecule has 26 heavy (non-hydrogen) atoms. The summed E-state index contributed by atoms with van der Waals surface area (Å²) in [6, 6.07) is 6.46. The Kier molecular flexibility index (Phi) is 6.36. The minimum absolute atomic E-state index is 0.0111. The molecule has 0 unspecified atom stereocenters. The summed E-state index contributed by atoms with van der Waals surface area (Å²) in [5.41, 5.74) is 0.475. The van der Waals surface area contributed by atoms with Gasteiger partial charge in [-0.1, -0.05) is 26.0 Å². The van der Waals surface area contributed by atoms with Gasteiger partial charge in [0.25, 0.3) is 15.9 Å². The maximum atomic E-state index is 11.9. The van der Waals surface area contributed by atoms with Crippen LogP contribution >= 0.6 is 0 Å². The van der Waals surface area contributed by atoms with Gasteiger partial charge in [-0.15, -0.1) is 0 Å². The van der Waals surface area contributed by atoms with Gasteiger partial charge in [0.2, 0.25) is 0 Å². The molecule has 0 saturated carbocycles. The van der Waals surface area contributed by atoms with Crippen molar-refractivity contribution in [2.24, 2.45) is 10.9 Å². The SMILES string of the molecule is CC(C)[C@@H](C)NC(=O)COC(=O)CCN=C1NS(=O)(=O)c2ccccc21. The fraction of sp³-hybridized carbons (Fsp3) is 0.471. The number of esters is 1. The van der Waals surface area contributed by atoms with Gasteiger partial charge in [0.05, 0.1) is 17.9 Å². The predicted octanol–water partition coefficient (Wildman–Crippen LogP) is 0.819. The molecule has 8 nitrogen and oxygen atoms in total. The number of rotatable bonds is 7. The number of aliphatic imine (C=N–C) groups is 1. The lowest BCUT2D eigenvalue weighted by atomic mass is 10.1. The molecule has 1 aromatic rings. The van der Waals surface area contributed by atoms with Crippen molar-refractivity contribution in [2.45, 2.75) is 38.1 Å². The second kappa shape index (κ2) is 8.31. The monoisotopic (exact) mass is 381 g/mol. The molecule has 1 aliphatic heterocycles. The Hall–Kier alpha value is -2.42. The minimum Gasteiger partial charge on any atom is -0.456 e. The standard InChI is InChI=1S/C17H23N3O5S/c1-11(2)12(3)19-15(21)10-25-16(22)8-9-18-17-13-6-4-5-7-14(13)26(23,24)20-17/h4-7,11-12H,8-10H2,1-3H3,(H,18,20)(H,19,21)/t12-/m1/s1. The van der Waals surface area contributed by atoms with Gasteiger partial charge in [-0.25, -0.2) is 8.42 Å². The number of sulfonamides is 1. The third kappa shape index (κ3) is 5.04. The molecular formula is C17H23N3O5S. The number of ether oxygens (including phenoxy) is 1. The summed E-state index contributed by atoms with van der Waals surface area (Å²) in [5.74, 6) is -0.445. The van der Waals surface area contributed by atoms with Gasteiger partial charge in [0, 0.05) is 11.6 Å². The summed E-state index contributed by atoms with van der Waals surface area (Å²) in [5, 5.41) is 2.74. The van der Waals surface area contributed by atoms with Crippen LogP contribution in [0.25, 0.3) is 0 Å². The maximum absolute atomic E-state index is 11.9. The molecular weight excluding hydrogens is 358 g/mol. The quantitative estimate of drug-likeness (QED) is 0.679. The first-order valence-corrected chi connectivity index (χ1v) is 9.80. The van der Waals surface area contributed by atoms with Crippen LogP contribution in [0.5, 0.6) is 0 Å². The fourth-order valence-electron chi connectivity index (χ4n) is 2.19. The molecule has 1 heterocycles. The third-order valence-corrected chi connectivity index (χ3v) is 5.40. The number of nitrogens with zero attached hydrogens (tertiary/aromatic N) is 1. The Morgan fingerprint density at radius 1 is 1.23 bits per heavy atom. The van der Waals surface area contributed by atoms with E-state index in [4.69, 9.17) is 4.74 Å². The Labute approximate surface area is 153 Å². The van der Waals surface area contributed by atoms with E-state index in [-0.39, 0.29) is 48.2 Å². The summed E-state index contributed by atoms with van der Waals surface area (Å²) < 4.78 is 31.1. The van der Waals surface area contributed by atoms with E-state index in [0.717, 1.165) is 0 Å². The number of fused-ring (bicyclic) bond motifs is 1. The Morgan fingerprint density at radius 3 is 2.62 bits per heavy atom. The van der Waals surface area contributed by atoms with Gasteiger partial charge in [-0.05, 0) is 25.0 Å². The second-order valence-electron chi connectivity index (χ2n) is 6.34. The number of benzene rings is 1. The van der Waals surface area contributed by atoms with Crippen LogP contribution in [0, 0.1) is 5.92 Å². The van der Waals surface area contributed by atoms with Gasteiger partial charge in [0.1, 0.15) is 5.84 Å². The smallest absolute Gasteiger partial charge is 0.308 e. The van der Waals surface area contributed by atoms with Gasteiger partial charge in [0.15, 0.2) is 6.61 Å². The zero-order chi connectivity index (χ0) is 19.3. The molecule has 2 rings (SSSR count). The van der Waals surface area contributed by atoms with E-state index in [9.17, 15) is 18.0 Å². The number of nitrogens with one attached hydrogen (secondary N) is 2. The van der Waals surface area contributed by atoms with E-state index in [1.807, 2.05) is 20.8 Å². The third-order valence-electron chi connectivity index (χ3n) is 4.00. The molecule has 0 spiro atoms. The average molecular weight is 381 g/mol. The van der Waals surface area contributed by atoms with Crippen LogP contribution in [0.4, 0.5) is 0 Å². The summed E-state index contributed by atoms with van der Waals surface area (Å²) in [7, 11) is -3.60. The molecule has 1 aromatic carbocycles. The van der Waals surface area contributed by atoms with Crippen LogP contribution in [0.15, 0.2) is 34.2 Å². The maximum Gasteiger partial charge on any atom is 0.308 e. The molecule has 1 amide bonds. The average Bonchev–Trinajstić information content (AvgIpc) is 2.84. The summed E-state index contributed by atoms with van der Waals surface area (Å²) >= 11 is 0. The lowest BCUT2D eigenvalue weighted by Crippen LogP contribution is -2.38. The van der Waals surface area contributed by atoms with Crippen LogP contribution in [0.1, 0.15) is 32.8 Å². The summed E-state index contributed by atoms with van der Waals surface area (Å²) in [4.78, 5) is 27.7. The van der Waals surface area contributed by atoms with Crippen molar-refractivity contribution in [3.05, 3.63) is 29.8 Å². The highest BCUT2D eigenvalue weighted by Crippen LogP contribution is 2.22. The van der Waals surface area contributed by atoms with E-state index in [2.05, 4.69) is 15.0 Å². The molecule has 2 N–H and O–H groups in total. The highest BCUT2D eigenvalue weighted by Gasteiger charge is 2.29. The van der Waals surface area contributed by atoms with Crippen LogP contribution < -0.4 is 10.0 Å². The molecule has 0 fully saturated rings. The second-order valence-corrected chi connectivity index (χ2v) is 7.99. The number of amides is 1. The number of amidine groups is 1. The van der Waals surface area contributed by atoms with Crippen molar-refractivity contribution < 1.29 is 22.7 Å². The molecule has 0 saturated heterocycles. The summed E-state index contributed by atoms with van der Waals surface area (Å²) in [6.45, 7) is 5.54. The van der Waals surface area contributed by atoms with Crippen molar-refractivity contribution in [1.82, 2.24) is 10.0 Å². The van der Waals surface area contributed by atoms with E-state index >= 15 is 0 Å². The van der Waals surface area contributed by atoms with Crippen molar-refractivity contribution >= 4 is 27.7 Å². The molecule has 9 heteroatoms.